The monoisotopic (exact) mass is 289 g/mol. The highest BCUT2D eigenvalue weighted by Crippen LogP contribution is 2.22. The Bertz CT molecular complexity index is 540. The maximum absolute atomic E-state index is 12.2. The van der Waals surface area contributed by atoms with Crippen molar-refractivity contribution >= 4 is 17.5 Å². The summed E-state index contributed by atoms with van der Waals surface area (Å²) in [4.78, 5) is 24.1. The standard InChI is InChI=1S/C16H23N3O2/c1-10(2)9-18-15(20)11(3)19-16(21)13-4-5-14-12(8-13)6-7-17-14/h4-5,8,10-11,17H,6-7,9H2,1-3H3,(H,18,20)(H,19,21). The van der Waals surface area contributed by atoms with Crippen LogP contribution in [0.4, 0.5) is 5.69 Å². The van der Waals surface area contributed by atoms with Gasteiger partial charge in [0.05, 0.1) is 0 Å². The number of benzene rings is 1. The number of fused-ring (bicyclic) bond motifs is 1. The van der Waals surface area contributed by atoms with Crippen molar-refractivity contribution < 1.29 is 9.59 Å². The minimum atomic E-state index is -0.539. The predicted octanol–water partition coefficient (Wildman–Crippen LogP) is 1.55. The molecule has 1 heterocycles. The SMILES string of the molecule is CC(C)CNC(=O)C(C)NC(=O)c1ccc2c(c1)CCN2. The van der Waals surface area contributed by atoms with E-state index in [1.54, 1.807) is 13.0 Å². The molecule has 1 aromatic rings. The fraction of sp³-hybridized carbons (Fsp3) is 0.500. The molecule has 1 unspecified atom stereocenters. The molecule has 1 aromatic carbocycles. The highest BCUT2D eigenvalue weighted by atomic mass is 16.2. The van der Waals surface area contributed by atoms with Crippen molar-refractivity contribution in [2.24, 2.45) is 5.92 Å². The zero-order chi connectivity index (χ0) is 15.4. The summed E-state index contributed by atoms with van der Waals surface area (Å²) >= 11 is 0. The number of carbonyl (C=O) groups is 2. The van der Waals surface area contributed by atoms with E-state index in [1.807, 2.05) is 26.0 Å². The topological polar surface area (TPSA) is 70.2 Å². The first-order valence-electron chi connectivity index (χ1n) is 7.42. The van der Waals surface area contributed by atoms with Gasteiger partial charge in [-0.25, -0.2) is 0 Å². The fourth-order valence-electron chi connectivity index (χ4n) is 2.25. The highest BCUT2D eigenvalue weighted by Gasteiger charge is 2.18. The van der Waals surface area contributed by atoms with E-state index in [-0.39, 0.29) is 11.8 Å². The lowest BCUT2D eigenvalue weighted by Gasteiger charge is -2.15. The minimum absolute atomic E-state index is 0.153. The van der Waals surface area contributed by atoms with Crippen molar-refractivity contribution in [2.45, 2.75) is 33.2 Å². The molecule has 0 saturated heterocycles. The Labute approximate surface area is 125 Å². The van der Waals surface area contributed by atoms with Crippen LogP contribution in [0.2, 0.25) is 0 Å². The molecule has 1 atom stereocenters. The van der Waals surface area contributed by atoms with Crippen LogP contribution in [0, 0.1) is 5.92 Å². The van der Waals surface area contributed by atoms with E-state index in [0.29, 0.717) is 18.0 Å². The third kappa shape index (κ3) is 3.97. The molecule has 1 aliphatic rings. The molecule has 2 amide bonds. The largest absolute Gasteiger partial charge is 0.384 e. The van der Waals surface area contributed by atoms with Crippen molar-refractivity contribution in [3.05, 3.63) is 29.3 Å². The van der Waals surface area contributed by atoms with Gasteiger partial charge in [-0.3, -0.25) is 9.59 Å². The first kappa shape index (κ1) is 15.4. The molecule has 3 N–H and O–H groups in total. The summed E-state index contributed by atoms with van der Waals surface area (Å²) < 4.78 is 0. The Morgan fingerprint density at radius 2 is 2.05 bits per heavy atom. The molecule has 5 nitrogen and oxygen atoms in total. The van der Waals surface area contributed by atoms with Gasteiger partial charge in [0.1, 0.15) is 6.04 Å². The Kier molecular flexibility index (Phi) is 4.83. The van der Waals surface area contributed by atoms with Crippen LogP contribution in [-0.2, 0) is 11.2 Å². The van der Waals surface area contributed by atoms with E-state index < -0.39 is 6.04 Å². The average Bonchev–Trinajstić information content (AvgIpc) is 2.91. The van der Waals surface area contributed by atoms with E-state index in [9.17, 15) is 9.59 Å². The smallest absolute Gasteiger partial charge is 0.251 e. The normalized spacial score (nSPS) is 14.3. The lowest BCUT2D eigenvalue weighted by atomic mass is 10.1. The summed E-state index contributed by atoms with van der Waals surface area (Å²) in [7, 11) is 0. The van der Waals surface area contributed by atoms with Crippen molar-refractivity contribution in [2.75, 3.05) is 18.4 Å². The number of hydrogen-bond acceptors (Lipinski definition) is 3. The molecule has 114 valence electrons. The number of hydrogen-bond donors (Lipinski definition) is 3. The lowest BCUT2D eigenvalue weighted by molar-refractivity contribution is -0.122. The quantitative estimate of drug-likeness (QED) is 0.770. The van der Waals surface area contributed by atoms with Crippen molar-refractivity contribution in [1.82, 2.24) is 10.6 Å². The maximum atomic E-state index is 12.2. The Balaban J connectivity index is 1.93. The van der Waals surface area contributed by atoms with Crippen molar-refractivity contribution in [3.63, 3.8) is 0 Å². The van der Waals surface area contributed by atoms with Crippen LogP contribution < -0.4 is 16.0 Å². The average molecular weight is 289 g/mol. The number of anilines is 1. The molecule has 0 saturated carbocycles. The van der Waals surface area contributed by atoms with Gasteiger partial charge in [-0.05, 0) is 43.0 Å². The van der Waals surface area contributed by atoms with Crippen LogP contribution in [0.3, 0.4) is 0 Å². The van der Waals surface area contributed by atoms with Gasteiger partial charge in [-0.15, -0.1) is 0 Å². The fourth-order valence-corrected chi connectivity index (χ4v) is 2.25. The molecule has 0 aromatic heterocycles. The molecule has 21 heavy (non-hydrogen) atoms. The lowest BCUT2D eigenvalue weighted by Crippen LogP contribution is -2.45. The van der Waals surface area contributed by atoms with E-state index >= 15 is 0 Å². The minimum Gasteiger partial charge on any atom is -0.384 e. The predicted molar refractivity (Wildman–Crippen MR) is 83.4 cm³/mol. The first-order chi connectivity index (χ1) is 9.97. The van der Waals surface area contributed by atoms with Crippen LogP contribution in [0.25, 0.3) is 0 Å². The van der Waals surface area contributed by atoms with Gasteiger partial charge < -0.3 is 16.0 Å². The number of amides is 2. The van der Waals surface area contributed by atoms with Crippen LogP contribution in [-0.4, -0.2) is 30.9 Å². The summed E-state index contributed by atoms with van der Waals surface area (Å²) in [6.07, 6.45) is 0.931. The van der Waals surface area contributed by atoms with Gasteiger partial charge in [0.2, 0.25) is 5.91 Å². The van der Waals surface area contributed by atoms with Gasteiger partial charge >= 0.3 is 0 Å². The van der Waals surface area contributed by atoms with Crippen LogP contribution in [0.15, 0.2) is 18.2 Å². The number of carbonyl (C=O) groups excluding carboxylic acids is 2. The molecule has 5 heteroatoms. The third-order valence-electron chi connectivity index (χ3n) is 3.50. The summed E-state index contributed by atoms with van der Waals surface area (Å²) in [6.45, 7) is 7.28. The second kappa shape index (κ2) is 6.61. The third-order valence-corrected chi connectivity index (χ3v) is 3.50. The van der Waals surface area contributed by atoms with Gasteiger partial charge in [-0.1, -0.05) is 13.8 Å². The van der Waals surface area contributed by atoms with Gasteiger partial charge in [-0.2, -0.15) is 0 Å². The van der Waals surface area contributed by atoms with Crippen LogP contribution in [0.5, 0.6) is 0 Å². The Hall–Kier alpha value is -2.04. The van der Waals surface area contributed by atoms with Crippen molar-refractivity contribution in [3.8, 4) is 0 Å². The number of nitrogens with one attached hydrogen (secondary N) is 3. The second-order valence-electron chi connectivity index (χ2n) is 5.88. The maximum Gasteiger partial charge on any atom is 0.251 e. The summed E-state index contributed by atoms with van der Waals surface area (Å²) in [6, 6.07) is 5.05. The second-order valence-corrected chi connectivity index (χ2v) is 5.88. The molecule has 0 bridgehead atoms. The summed E-state index contributed by atoms with van der Waals surface area (Å²) in [5.74, 6) is 0.0258. The molecule has 0 radical (unpaired) electrons. The Morgan fingerprint density at radius 1 is 1.29 bits per heavy atom. The summed E-state index contributed by atoms with van der Waals surface area (Å²) in [5.41, 5.74) is 2.84. The van der Waals surface area contributed by atoms with Gasteiger partial charge in [0, 0.05) is 24.3 Å². The van der Waals surface area contributed by atoms with E-state index in [4.69, 9.17) is 0 Å². The molecular formula is C16H23N3O2. The zero-order valence-corrected chi connectivity index (χ0v) is 12.8. The van der Waals surface area contributed by atoms with Gasteiger partial charge in [0.25, 0.3) is 5.91 Å². The van der Waals surface area contributed by atoms with Crippen molar-refractivity contribution in [1.29, 1.82) is 0 Å². The van der Waals surface area contributed by atoms with E-state index in [2.05, 4.69) is 16.0 Å². The molecule has 2 rings (SSSR count). The summed E-state index contributed by atoms with van der Waals surface area (Å²) in [5, 5.41) is 8.81. The molecule has 0 fully saturated rings. The molecule has 0 aliphatic carbocycles. The first-order valence-corrected chi connectivity index (χ1v) is 7.42. The highest BCUT2D eigenvalue weighted by molar-refractivity contribution is 5.98. The molecule has 0 spiro atoms. The zero-order valence-electron chi connectivity index (χ0n) is 12.8. The van der Waals surface area contributed by atoms with Crippen LogP contribution >= 0.6 is 0 Å². The van der Waals surface area contributed by atoms with E-state index in [1.165, 1.54) is 0 Å². The number of rotatable bonds is 5. The van der Waals surface area contributed by atoms with Crippen LogP contribution in [0.1, 0.15) is 36.7 Å². The molecular weight excluding hydrogens is 266 g/mol. The Morgan fingerprint density at radius 3 is 2.76 bits per heavy atom. The van der Waals surface area contributed by atoms with E-state index in [0.717, 1.165) is 24.2 Å². The van der Waals surface area contributed by atoms with Gasteiger partial charge in [0.15, 0.2) is 0 Å². The molecule has 1 aliphatic heterocycles.